The van der Waals surface area contributed by atoms with Crippen LogP contribution < -0.4 is 10.4 Å². The van der Waals surface area contributed by atoms with Crippen LogP contribution in [-0.4, -0.2) is 28.0 Å². The molecular weight excluding hydrogens is 328 g/mol. The SMILES string of the molecule is COC(=O)/C=C1/CO[Si](c2ccccc2)(C(C)(C)C)c2ccccc21. The molecule has 0 aliphatic carbocycles. The third kappa shape index (κ3) is 2.96. The second-order valence-electron chi connectivity index (χ2n) is 7.32. The van der Waals surface area contributed by atoms with Crippen LogP contribution in [0.3, 0.4) is 0 Å². The number of carbonyl (C=O) groups is 1. The van der Waals surface area contributed by atoms with Gasteiger partial charge in [-0.15, -0.1) is 0 Å². The van der Waals surface area contributed by atoms with E-state index in [9.17, 15) is 4.79 Å². The van der Waals surface area contributed by atoms with E-state index < -0.39 is 8.32 Å². The van der Waals surface area contributed by atoms with Crippen LogP contribution in [0, 0.1) is 0 Å². The Labute approximate surface area is 150 Å². The summed E-state index contributed by atoms with van der Waals surface area (Å²) in [7, 11) is -1.08. The molecule has 0 saturated carbocycles. The second-order valence-corrected chi connectivity index (χ2v) is 11.6. The maximum atomic E-state index is 11.8. The fourth-order valence-corrected chi connectivity index (χ4v) is 8.43. The van der Waals surface area contributed by atoms with Crippen LogP contribution in [0.5, 0.6) is 0 Å². The van der Waals surface area contributed by atoms with Crippen molar-refractivity contribution in [3.63, 3.8) is 0 Å². The van der Waals surface area contributed by atoms with E-state index in [-0.39, 0.29) is 11.0 Å². The first-order chi connectivity index (χ1) is 11.9. The Morgan fingerprint density at radius 1 is 1.08 bits per heavy atom. The molecule has 3 nitrogen and oxygen atoms in total. The van der Waals surface area contributed by atoms with Crippen molar-refractivity contribution in [2.24, 2.45) is 0 Å². The lowest BCUT2D eigenvalue weighted by Gasteiger charge is -2.46. The highest BCUT2D eigenvalue weighted by molar-refractivity contribution is 7.00. The number of ether oxygens (including phenoxy) is 1. The summed E-state index contributed by atoms with van der Waals surface area (Å²) in [6, 6.07) is 18.8. The van der Waals surface area contributed by atoms with Gasteiger partial charge in [-0.25, -0.2) is 4.79 Å². The van der Waals surface area contributed by atoms with Gasteiger partial charge in [0.1, 0.15) is 0 Å². The molecule has 130 valence electrons. The number of fused-ring (bicyclic) bond motifs is 1. The lowest BCUT2D eigenvalue weighted by molar-refractivity contribution is -0.134. The predicted octanol–water partition coefficient (Wildman–Crippen LogP) is 3.13. The Kier molecular flexibility index (Phi) is 4.67. The minimum atomic E-state index is -2.48. The van der Waals surface area contributed by atoms with Gasteiger partial charge in [-0.1, -0.05) is 75.4 Å². The molecule has 0 aromatic heterocycles. The van der Waals surface area contributed by atoms with Crippen molar-refractivity contribution in [1.29, 1.82) is 0 Å². The molecule has 2 aromatic carbocycles. The molecule has 0 saturated heterocycles. The molecule has 1 atom stereocenters. The highest BCUT2D eigenvalue weighted by atomic mass is 28.4. The summed E-state index contributed by atoms with van der Waals surface area (Å²) in [4.78, 5) is 11.8. The summed E-state index contributed by atoms with van der Waals surface area (Å²) in [5, 5.41) is 2.43. The molecule has 0 spiro atoms. The Balaban J connectivity index is 2.27. The number of carbonyl (C=O) groups excluding carboxylic acids is 1. The second kappa shape index (κ2) is 6.62. The van der Waals surface area contributed by atoms with E-state index in [2.05, 4.69) is 63.2 Å². The molecular formula is C21H24O3Si. The molecule has 25 heavy (non-hydrogen) atoms. The lowest BCUT2D eigenvalue weighted by Crippen LogP contribution is -2.69. The first-order valence-corrected chi connectivity index (χ1v) is 10.4. The zero-order valence-electron chi connectivity index (χ0n) is 15.2. The van der Waals surface area contributed by atoms with E-state index in [4.69, 9.17) is 9.16 Å². The van der Waals surface area contributed by atoms with Gasteiger partial charge in [0.15, 0.2) is 0 Å². The van der Waals surface area contributed by atoms with Gasteiger partial charge in [0, 0.05) is 6.08 Å². The summed E-state index contributed by atoms with van der Waals surface area (Å²) in [6.45, 7) is 7.17. The monoisotopic (exact) mass is 352 g/mol. The molecule has 0 amide bonds. The fourth-order valence-electron chi connectivity index (χ4n) is 3.70. The van der Waals surface area contributed by atoms with Crippen LogP contribution in [0.2, 0.25) is 5.04 Å². The Morgan fingerprint density at radius 2 is 1.72 bits per heavy atom. The van der Waals surface area contributed by atoms with E-state index in [0.29, 0.717) is 6.61 Å². The van der Waals surface area contributed by atoms with Crippen LogP contribution in [0.4, 0.5) is 0 Å². The molecule has 0 N–H and O–H groups in total. The van der Waals surface area contributed by atoms with Gasteiger partial charge >= 0.3 is 5.97 Å². The number of methoxy groups -OCH3 is 1. The third-order valence-electron chi connectivity index (χ3n) is 4.83. The van der Waals surface area contributed by atoms with Crippen LogP contribution in [-0.2, 0) is 14.0 Å². The number of benzene rings is 2. The molecule has 1 heterocycles. The van der Waals surface area contributed by atoms with Gasteiger partial charge in [0.2, 0.25) is 0 Å². The molecule has 1 aliphatic heterocycles. The maximum Gasteiger partial charge on any atom is 0.330 e. The quantitative estimate of drug-likeness (QED) is 0.473. The van der Waals surface area contributed by atoms with Crippen LogP contribution in [0.25, 0.3) is 5.57 Å². The average Bonchev–Trinajstić information content (AvgIpc) is 2.61. The number of esters is 1. The summed E-state index contributed by atoms with van der Waals surface area (Å²) < 4.78 is 11.5. The van der Waals surface area contributed by atoms with Crippen LogP contribution in [0.1, 0.15) is 26.3 Å². The fraction of sp³-hybridized carbons (Fsp3) is 0.286. The summed E-state index contributed by atoms with van der Waals surface area (Å²) in [5.41, 5.74) is 1.98. The van der Waals surface area contributed by atoms with Gasteiger partial charge in [0.25, 0.3) is 8.32 Å². The zero-order chi connectivity index (χ0) is 18.1. The van der Waals surface area contributed by atoms with Crippen molar-refractivity contribution in [2.45, 2.75) is 25.8 Å². The standard InChI is InChI=1S/C21H24O3Si/c1-21(2,3)25(17-10-6-5-7-11-17)19-13-9-8-12-18(19)16(15-24-25)14-20(22)23-4/h5-14H,15H2,1-4H3/b16-14-. The smallest absolute Gasteiger partial charge is 0.330 e. The summed E-state index contributed by atoms with van der Waals surface area (Å²) in [5.74, 6) is -0.349. The van der Waals surface area contributed by atoms with Gasteiger partial charge in [-0.2, -0.15) is 0 Å². The first-order valence-electron chi connectivity index (χ1n) is 8.48. The largest absolute Gasteiger partial charge is 0.466 e. The predicted molar refractivity (Wildman–Crippen MR) is 104 cm³/mol. The van der Waals surface area contributed by atoms with Gasteiger partial charge in [0.05, 0.1) is 13.7 Å². The minimum Gasteiger partial charge on any atom is -0.466 e. The van der Waals surface area contributed by atoms with Crippen molar-refractivity contribution in [1.82, 2.24) is 0 Å². The molecule has 0 radical (unpaired) electrons. The van der Waals surface area contributed by atoms with Crippen molar-refractivity contribution in [3.05, 3.63) is 66.2 Å². The lowest BCUT2D eigenvalue weighted by atomic mass is 10.1. The van der Waals surface area contributed by atoms with Crippen molar-refractivity contribution < 1.29 is 14.0 Å². The van der Waals surface area contributed by atoms with E-state index >= 15 is 0 Å². The van der Waals surface area contributed by atoms with E-state index in [1.165, 1.54) is 17.5 Å². The third-order valence-corrected chi connectivity index (χ3v) is 9.86. The van der Waals surface area contributed by atoms with Gasteiger partial charge in [-0.3, -0.25) is 0 Å². The van der Waals surface area contributed by atoms with Crippen LogP contribution in [0.15, 0.2) is 60.7 Å². The Morgan fingerprint density at radius 3 is 2.36 bits per heavy atom. The normalized spacial score (nSPS) is 21.7. The first kappa shape index (κ1) is 17.6. The van der Waals surface area contributed by atoms with Crippen LogP contribution >= 0.6 is 0 Å². The highest BCUT2D eigenvalue weighted by Crippen LogP contribution is 2.40. The highest BCUT2D eigenvalue weighted by Gasteiger charge is 2.53. The molecule has 0 bridgehead atoms. The van der Waals surface area contributed by atoms with Gasteiger partial charge in [-0.05, 0) is 26.5 Å². The van der Waals surface area contributed by atoms with E-state index in [1.807, 2.05) is 12.1 Å². The molecule has 4 heteroatoms. The molecule has 0 fully saturated rings. The number of hydrogen-bond donors (Lipinski definition) is 0. The van der Waals surface area contributed by atoms with E-state index in [0.717, 1.165) is 11.1 Å². The Hall–Kier alpha value is -2.17. The topological polar surface area (TPSA) is 35.5 Å². The number of hydrogen-bond acceptors (Lipinski definition) is 3. The van der Waals surface area contributed by atoms with Crippen molar-refractivity contribution in [2.75, 3.05) is 13.7 Å². The average molecular weight is 353 g/mol. The summed E-state index contributed by atoms with van der Waals surface area (Å²) >= 11 is 0. The van der Waals surface area contributed by atoms with Gasteiger partial charge < -0.3 is 9.16 Å². The minimum absolute atomic E-state index is 0.0404. The summed E-state index contributed by atoms with van der Waals surface area (Å²) in [6.07, 6.45) is 1.55. The van der Waals surface area contributed by atoms with Crippen molar-refractivity contribution >= 4 is 30.2 Å². The zero-order valence-corrected chi connectivity index (χ0v) is 16.2. The Bertz CT molecular complexity index is 805. The van der Waals surface area contributed by atoms with Crippen molar-refractivity contribution in [3.8, 4) is 0 Å². The maximum absolute atomic E-state index is 11.8. The molecule has 1 aliphatic rings. The molecule has 1 unspecified atom stereocenters. The number of rotatable bonds is 2. The van der Waals surface area contributed by atoms with E-state index in [1.54, 1.807) is 6.08 Å². The molecule has 3 rings (SSSR count). The molecule has 2 aromatic rings.